The van der Waals surface area contributed by atoms with Gasteiger partial charge in [0.05, 0.1) is 0 Å². The lowest BCUT2D eigenvalue weighted by Gasteiger charge is -2.23. The molecule has 1 fully saturated rings. The molecular formula is C11H17NO. The van der Waals surface area contributed by atoms with E-state index in [2.05, 4.69) is 18.3 Å². The van der Waals surface area contributed by atoms with Crippen LogP contribution in [0.1, 0.15) is 32.6 Å². The molecule has 2 nitrogen and oxygen atoms in total. The molecule has 2 atom stereocenters. The molecule has 13 heavy (non-hydrogen) atoms. The Labute approximate surface area is 79.4 Å². The molecule has 0 bridgehead atoms. The van der Waals surface area contributed by atoms with Crippen molar-refractivity contribution in [2.24, 2.45) is 5.41 Å². The Balaban J connectivity index is 2.07. The molecule has 72 valence electrons. The number of carbonyl (C=O) groups excluding carboxylic acids is 1. The van der Waals surface area contributed by atoms with E-state index in [9.17, 15) is 4.79 Å². The highest BCUT2D eigenvalue weighted by Gasteiger charge is 2.34. The minimum Gasteiger partial charge on any atom is -0.314 e. The summed E-state index contributed by atoms with van der Waals surface area (Å²) in [6.07, 6.45) is 8.16. The van der Waals surface area contributed by atoms with Crippen molar-refractivity contribution in [3.05, 3.63) is 12.2 Å². The van der Waals surface area contributed by atoms with E-state index >= 15 is 0 Å². The van der Waals surface area contributed by atoms with Crippen LogP contribution in [0.5, 0.6) is 0 Å². The van der Waals surface area contributed by atoms with E-state index in [0.29, 0.717) is 11.8 Å². The normalized spacial score (nSPS) is 39.8. The van der Waals surface area contributed by atoms with Gasteiger partial charge >= 0.3 is 0 Å². The van der Waals surface area contributed by atoms with Gasteiger partial charge in [-0.05, 0) is 44.2 Å². The van der Waals surface area contributed by atoms with Crippen LogP contribution >= 0.6 is 0 Å². The molecule has 1 aliphatic carbocycles. The Bertz CT molecular complexity index is 246. The van der Waals surface area contributed by atoms with E-state index in [4.69, 9.17) is 0 Å². The second-order valence-electron chi connectivity index (χ2n) is 4.48. The smallest absolute Gasteiger partial charge is 0.156 e. The average molecular weight is 179 g/mol. The molecule has 1 N–H and O–H groups in total. The third-order valence-electron chi connectivity index (χ3n) is 3.34. The van der Waals surface area contributed by atoms with Crippen molar-refractivity contribution >= 4 is 5.78 Å². The molecule has 0 amide bonds. The Hall–Kier alpha value is -0.630. The third kappa shape index (κ3) is 1.83. The highest BCUT2D eigenvalue weighted by Crippen LogP contribution is 2.39. The number of carbonyl (C=O) groups is 1. The topological polar surface area (TPSA) is 29.1 Å². The van der Waals surface area contributed by atoms with E-state index in [1.54, 1.807) is 6.08 Å². The number of allylic oxidation sites excluding steroid dienone is 2. The molecule has 2 rings (SSSR count). The lowest BCUT2D eigenvalue weighted by Crippen LogP contribution is -2.24. The van der Waals surface area contributed by atoms with Crippen LogP contribution in [0, 0.1) is 5.41 Å². The van der Waals surface area contributed by atoms with Crippen molar-refractivity contribution < 1.29 is 4.79 Å². The molecule has 2 aliphatic rings. The van der Waals surface area contributed by atoms with Crippen LogP contribution in [-0.2, 0) is 4.79 Å². The van der Waals surface area contributed by atoms with E-state index in [-0.39, 0.29) is 5.41 Å². The van der Waals surface area contributed by atoms with Gasteiger partial charge in [0.1, 0.15) is 0 Å². The van der Waals surface area contributed by atoms with Crippen LogP contribution in [0.15, 0.2) is 12.2 Å². The summed E-state index contributed by atoms with van der Waals surface area (Å²) in [7, 11) is 0. The molecular weight excluding hydrogens is 162 g/mol. The highest BCUT2D eigenvalue weighted by molar-refractivity contribution is 5.93. The van der Waals surface area contributed by atoms with Crippen LogP contribution in [-0.4, -0.2) is 18.4 Å². The molecule has 2 heteroatoms. The van der Waals surface area contributed by atoms with Crippen molar-refractivity contribution in [2.75, 3.05) is 6.54 Å². The van der Waals surface area contributed by atoms with Crippen molar-refractivity contribution in [1.82, 2.24) is 5.32 Å². The molecule has 0 saturated carbocycles. The van der Waals surface area contributed by atoms with Crippen molar-refractivity contribution in [3.63, 3.8) is 0 Å². The molecule has 0 aromatic rings. The van der Waals surface area contributed by atoms with Crippen molar-refractivity contribution in [2.45, 2.75) is 38.6 Å². The molecule has 0 aromatic heterocycles. The molecule has 0 radical (unpaired) electrons. The zero-order valence-electron chi connectivity index (χ0n) is 8.18. The van der Waals surface area contributed by atoms with Gasteiger partial charge in [-0.15, -0.1) is 0 Å². The van der Waals surface area contributed by atoms with E-state index < -0.39 is 0 Å². The summed E-state index contributed by atoms with van der Waals surface area (Å²) in [5.41, 5.74) is 0.217. The van der Waals surface area contributed by atoms with Crippen LogP contribution in [0.25, 0.3) is 0 Å². The van der Waals surface area contributed by atoms with Crippen LogP contribution in [0.3, 0.4) is 0 Å². The van der Waals surface area contributed by atoms with Gasteiger partial charge in [0.15, 0.2) is 5.78 Å². The van der Waals surface area contributed by atoms with Gasteiger partial charge in [-0.1, -0.05) is 6.08 Å². The first-order valence-corrected chi connectivity index (χ1v) is 5.16. The van der Waals surface area contributed by atoms with Gasteiger partial charge in [0.2, 0.25) is 0 Å². The van der Waals surface area contributed by atoms with E-state index in [1.807, 2.05) is 0 Å². The molecule has 1 saturated heterocycles. The number of nitrogens with one attached hydrogen (secondary N) is 1. The standard InChI is InChI=1S/C11H17NO/c1-9-2-4-11(6-7-12-9)5-3-10(13)8-11/h3,5,9,12H,2,4,6-8H2,1H3. The maximum Gasteiger partial charge on any atom is 0.156 e. The first-order chi connectivity index (χ1) is 6.20. The van der Waals surface area contributed by atoms with E-state index in [0.717, 1.165) is 19.4 Å². The Morgan fingerprint density at radius 1 is 1.54 bits per heavy atom. The minimum atomic E-state index is 0.217. The number of hydrogen-bond acceptors (Lipinski definition) is 2. The fraction of sp³-hybridized carbons (Fsp3) is 0.727. The second kappa shape index (κ2) is 3.26. The lowest BCUT2D eigenvalue weighted by atomic mass is 9.80. The summed E-state index contributed by atoms with van der Waals surface area (Å²) in [6, 6.07) is 0.614. The minimum absolute atomic E-state index is 0.217. The SMILES string of the molecule is CC1CCC2(C=CC(=O)C2)CCN1. The van der Waals surface area contributed by atoms with Crippen molar-refractivity contribution in [1.29, 1.82) is 0 Å². The largest absolute Gasteiger partial charge is 0.314 e. The molecule has 0 aromatic carbocycles. The Kier molecular flexibility index (Phi) is 2.24. The van der Waals surface area contributed by atoms with Crippen LogP contribution in [0.2, 0.25) is 0 Å². The fourth-order valence-electron chi connectivity index (χ4n) is 2.38. The van der Waals surface area contributed by atoms with Gasteiger partial charge in [-0.25, -0.2) is 0 Å². The summed E-state index contributed by atoms with van der Waals surface area (Å²) in [5.74, 6) is 0.314. The highest BCUT2D eigenvalue weighted by atomic mass is 16.1. The summed E-state index contributed by atoms with van der Waals surface area (Å²) in [5, 5.41) is 3.47. The Morgan fingerprint density at radius 2 is 2.38 bits per heavy atom. The van der Waals surface area contributed by atoms with Gasteiger partial charge in [0.25, 0.3) is 0 Å². The average Bonchev–Trinajstić information content (AvgIpc) is 2.35. The number of hydrogen-bond donors (Lipinski definition) is 1. The Morgan fingerprint density at radius 3 is 3.08 bits per heavy atom. The van der Waals surface area contributed by atoms with Crippen LogP contribution in [0.4, 0.5) is 0 Å². The quantitative estimate of drug-likeness (QED) is 0.613. The van der Waals surface area contributed by atoms with Crippen LogP contribution < -0.4 is 5.32 Å². The van der Waals surface area contributed by atoms with Gasteiger partial charge in [-0.2, -0.15) is 0 Å². The maximum atomic E-state index is 11.2. The molecule has 1 spiro atoms. The summed E-state index contributed by atoms with van der Waals surface area (Å²) < 4.78 is 0. The zero-order chi connectivity index (χ0) is 9.31. The number of rotatable bonds is 0. The van der Waals surface area contributed by atoms with Crippen molar-refractivity contribution in [3.8, 4) is 0 Å². The maximum absolute atomic E-state index is 11.2. The predicted molar refractivity (Wildman–Crippen MR) is 52.5 cm³/mol. The predicted octanol–water partition coefficient (Wildman–Crippen LogP) is 1.66. The zero-order valence-corrected chi connectivity index (χ0v) is 8.18. The molecule has 1 aliphatic heterocycles. The van der Waals surface area contributed by atoms with Gasteiger partial charge in [0, 0.05) is 12.5 Å². The number of ketones is 1. The van der Waals surface area contributed by atoms with E-state index in [1.165, 1.54) is 12.8 Å². The second-order valence-corrected chi connectivity index (χ2v) is 4.48. The van der Waals surface area contributed by atoms with Gasteiger partial charge in [-0.3, -0.25) is 4.79 Å². The summed E-state index contributed by atoms with van der Waals surface area (Å²) in [4.78, 5) is 11.2. The fourth-order valence-corrected chi connectivity index (χ4v) is 2.38. The first-order valence-electron chi connectivity index (χ1n) is 5.16. The monoisotopic (exact) mass is 179 g/mol. The lowest BCUT2D eigenvalue weighted by molar-refractivity contribution is -0.115. The third-order valence-corrected chi connectivity index (χ3v) is 3.34. The molecule has 2 unspecified atom stereocenters. The first kappa shape index (κ1) is 8.95. The molecule has 1 heterocycles. The summed E-state index contributed by atoms with van der Waals surface area (Å²) in [6.45, 7) is 3.28. The summed E-state index contributed by atoms with van der Waals surface area (Å²) >= 11 is 0. The van der Waals surface area contributed by atoms with Gasteiger partial charge < -0.3 is 5.32 Å².